The van der Waals surface area contributed by atoms with E-state index in [1.807, 2.05) is 25.2 Å². The van der Waals surface area contributed by atoms with E-state index in [1.54, 1.807) is 7.11 Å². The topological polar surface area (TPSA) is 59.6 Å². The molecule has 1 aliphatic rings. The van der Waals surface area contributed by atoms with Gasteiger partial charge in [-0.1, -0.05) is 12.1 Å². The predicted molar refractivity (Wildman–Crippen MR) is 98.1 cm³/mol. The maximum absolute atomic E-state index is 11.9. The van der Waals surface area contributed by atoms with Crippen molar-refractivity contribution in [3.63, 3.8) is 0 Å². The summed E-state index contributed by atoms with van der Waals surface area (Å²) in [6.07, 6.45) is 6.25. The molecule has 0 aromatic heterocycles. The Hall–Kier alpha value is -1.46. The zero-order chi connectivity index (χ0) is 16.5. The highest BCUT2D eigenvalue weighted by molar-refractivity contribution is 5.85. The number of halogens is 1. The van der Waals surface area contributed by atoms with Crippen LogP contribution < -0.4 is 20.1 Å². The number of hydrogen-bond acceptors (Lipinski definition) is 4. The molecular formula is C18H29ClN2O3. The number of rotatable bonds is 9. The molecule has 0 spiro atoms. The second-order valence-corrected chi connectivity index (χ2v) is 5.96. The van der Waals surface area contributed by atoms with Gasteiger partial charge in [0.25, 0.3) is 0 Å². The van der Waals surface area contributed by atoms with Gasteiger partial charge in [-0.2, -0.15) is 0 Å². The highest BCUT2D eigenvalue weighted by atomic mass is 35.5. The van der Waals surface area contributed by atoms with Crippen LogP contribution in [-0.2, 0) is 11.3 Å². The number of amides is 1. The molecule has 136 valence electrons. The third-order valence-electron chi connectivity index (χ3n) is 4.17. The maximum atomic E-state index is 11.9. The smallest absolute Gasteiger partial charge is 0.220 e. The Kier molecular flexibility index (Phi) is 9.57. The van der Waals surface area contributed by atoms with Gasteiger partial charge < -0.3 is 20.1 Å². The quantitative estimate of drug-likeness (QED) is 0.668. The van der Waals surface area contributed by atoms with Crippen molar-refractivity contribution in [3.8, 4) is 11.5 Å². The van der Waals surface area contributed by atoms with E-state index in [0.29, 0.717) is 13.0 Å². The van der Waals surface area contributed by atoms with Crippen LogP contribution in [0, 0.1) is 0 Å². The third kappa shape index (κ3) is 6.21. The summed E-state index contributed by atoms with van der Waals surface area (Å²) in [5.41, 5.74) is 0.971. The number of methoxy groups -OCH3 is 1. The van der Waals surface area contributed by atoms with E-state index in [9.17, 15) is 4.79 Å². The van der Waals surface area contributed by atoms with Crippen LogP contribution in [-0.4, -0.2) is 32.7 Å². The predicted octanol–water partition coefficient (Wildman–Crippen LogP) is 3.05. The van der Waals surface area contributed by atoms with E-state index in [0.717, 1.165) is 42.9 Å². The molecule has 1 fully saturated rings. The molecule has 0 heterocycles. The van der Waals surface area contributed by atoms with E-state index in [2.05, 4.69) is 10.6 Å². The summed E-state index contributed by atoms with van der Waals surface area (Å²) < 4.78 is 11.6. The molecule has 0 unspecified atom stereocenters. The third-order valence-corrected chi connectivity index (χ3v) is 4.17. The summed E-state index contributed by atoms with van der Waals surface area (Å²) in [6, 6.07) is 5.83. The minimum Gasteiger partial charge on any atom is -0.493 e. The van der Waals surface area contributed by atoms with Crippen LogP contribution >= 0.6 is 12.4 Å². The van der Waals surface area contributed by atoms with E-state index in [-0.39, 0.29) is 24.4 Å². The Balaban J connectivity index is 0.00000288. The van der Waals surface area contributed by atoms with Gasteiger partial charge in [0.05, 0.1) is 13.2 Å². The van der Waals surface area contributed by atoms with Crippen LogP contribution in [0.15, 0.2) is 18.2 Å². The highest BCUT2D eigenvalue weighted by Crippen LogP contribution is 2.34. The SMILES string of the molecule is CNCCCC(=O)NCc1cccc(OC)c1OC1CCCC1.Cl. The molecule has 1 aliphatic carbocycles. The van der Waals surface area contributed by atoms with Gasteiger partial charge >= 0.3 is 0 Å². The lowest BCUT2D eigenvalue weighted by Crippen LogP contribution is -2.24. The number of carbonyl (C=O) groups is 1. The molecular weight excluding hydrogens is 328 g/mol. The molecule has 2 rings (SSSR count). The van der Waals surface area contributed by atoms with E-state index >= 15 is 0 Å². The minimum atomic E-state index is 0. The van der Waals surface area contributed by atoms with Crippen molar-refractivity contribution >= 4 is 18.3 Å². The summed E-state index contributed by atoms with van der Waals surface area (Å²) in [5.74, 6) is 1.58. The van der Waals surface area contributed by atoms with E-state index in [1.165, 1.54) is 12.8 Å². The van der Waals surface area contributed by atoms with Gasteiger partial charge in [-0.15, -0.1) is 12.4 Å². The van der Waals surface area contributed by atoms with Gasteiger partial charge in [0.1, 0.15) is 0 Å². The molecule has 1 amide bonds. The first-order valence-electron chi connectivity index (χ1n) is 8.48. The number of benzene rings is 1. The van der Waals surface area contributed by atoms with Crippen molar-refractivity contribution in [3.05, 3.63) is 23.8 Å². The molecule has 1 saturated carbocycles. The van der Waals surface area contributed by atoms with Gasteiger partial charge in [-0.25, -0.2) is 0 Å². The first kappa shape index (κ1) is 20.6. The van der Waals surface area contributed by atoms with Crippen molar-refractivity contribution in [1.82, 2.24) is 10.6 Å². The maximum Gasteiger partial charge on any atom is 0.220 e. The molecule has 1 aromatic rings. The largest absolute Gasteiger partial charge is 0.493 e. The van der Waals surface area contributed by atoms with Gasteiger partial charge in [-0.05, 0) is 51.8 Å². The number of hydrogen-bond donors (Lipinski definition) is 2. The number of para-hydroxylation sites is 1. The van der Waals surface area contributed by atoms with Crippen molar-refractivity contribution < 1.29 is 14.3 Å². The Morgan fingerprint density at radius 2 is 2.04 bits per heavy atom. The lowest BCUT2D eigenvalue weighted by molar-refractivity contribution is -0.121. The standard InChI is InChI=1S/C18H28N2O3.ClH/c1-19-12-6-11-17(21)20-13-14-7-5-10-16(22-2)18(14)23-15-8-3-4-9-15;/h5,7,10,15,19H,3-4,6,8-9,11-13H2,1-2H3,(H,20,21);1H. The molecule has 6 heteroatoms. The van der Waals surface area contributed by atoms with Crippen LogP contribution in [0.25, 0.3) is 0 Å². The molecule has 1 aromatic carbocycles. The van der Waals surface area contributed by atoms with Crippen LogP contribution in [0.1, 0.15) is 44.1 Å². The summed E-state index contributed by atoms with van der Waals surface area (Å²) >= 11 is 0. The Morgan fingerprint density at radius 1 is 1.29 bits per heavy atom. The summed E-state index contributed by atoms with van der Waals surface area (Å²) in [4.78, 5) is 11.9. The molecule has 0 saturated heterocycles. The first-order valence-corrected chi connectivity index (χ1v) is 8.48. The molecule has 2 N–H and O–H groups in total. The average Bonchev–Trinajstić information content (AvgIpc) is 3.07. The zero-order valence-electron chi connectivity index (χ0n) is 14.6. The van der Waals surface area contributed by atoms with E-state index < -0.39 is 0 Å². The van der Waals surface area contributed by atoms with Crippen LogP contribution in [0.4, 0.5) is 0 Å². The van der Waals surface area contributed by atoms with Gasteiger partial charge in [0, 0.05) is 18.5 Å². The summed E-state index contributed by atoms with van der Waals surface area (Å²) in [6.45, 7) is 1.32. The lowest BCUT2D eigenvalue weighted by Gasteiger charge is -2.19. The lowest BCUT2D eigenvalue weighted by atomic mass is 10.1. The Morgan fingerprint density at radius 3 is 2.71 bits per heavy atom. The molecule has 0 aliphatic heterocycles. The van der Waals surface area contributed by atoms with E-state index in [4.69, 9.17) is 9.47 Å². The minimum absolute atomic E-state index is 0. The molecule has 0 atom stereocenters. The van der Waals surface area contributed by atoms with Gasteiger partial charge in [-0.3, -0.25) is 4.79 Å². The van der Waals surface area contributed by atoms with Crippen molar-refractivity contribution in [1.29, 1.82) is 0 Å². The second-order valence-electron chi connectivity index (χ2n) is 5.96. The van der Waals surface area contributed by atoms with Crippen LogP contribution in [0.2, 0.25) is 0 Å². The number of nitrogens with one attached hydrogen (secondary N) is 2. The zero-order valence-corrected chi connectivity index (χ0v) is 15.4. The van der Waals surface area contributed by atoms with Gasteiger partial charge in [0.15, 0.2) is 11.5 Å². The molecule has 0 radical (unpaired) electrons. The Labute approximate surface area is 150 Å². The molecule has 0 bridgehead atoms. The molecule has 24 heavy (non-hydrogen) atoms. The first-order chi connectivity index (χ1) is 11.2. The normalized spacial score (nSPS) is 14.1. The molecule has 5 nitrogen and oxygen atoms in total. The van der Waals surface area contributed by atoms with Crippen LogP contribution in [0.5, 0.6) is 11.5 Å². The fourth-order valence-corrected chi connectivity index (χ4v) is 2.88. The number of ether oxygens (including phenoxy) is 2. The average molecular weight is 357 g/mol. The summed E-state index contributed by atoms with van der Waals surface area (Å²) in [7, 11) is 3.54. The van der Waals surface area contributed by atoms with Crippen LogP contribution in [0.3, 0.4) is 0 Å². The summed E-state index contributed by atoms with van der Waals surface area (Å²) in [5, 5.41) is 6.02. The monoisotopic (exact) mass is 356 g/mol. The highest BCUT2D eigenvalue weighted by Gasteiger charge is 2.20. The Bertz CT molecular complexity index is 505. The number of carbonyl (C=O) groups excluding carboxylic acids is 1. The van der Waals surface area contributed by atoms with Crippen molar-refractivity contribution in [2.75, 3.05) is 20.7 Å². The fraction of sp³-hybridized carbons (Fsp3) is 0.611. The van der Waals surface area contributed by atoms with Crippen molar-refractivity contribution in [2.24, 2.45) is 0 Å². The van der Waals surface area contributed by atoms with Crippen molar-refractivity contribution in [2.45, 2.75) is 51.2 Å². The van der Waals surface area contributed by atoms with Gasteiger partial charge in [0.2, 0.25) is 5.91 Å². The second kappa shape index (κ2) is 11.2. The fourth-order valence-electron chi connectivity index (χ4n) is 2.88.